The van der Waals surface area contributed by atoms with E-state index in [2.05, 4.69) is 0 Å². The lowest BCUT2D eigenvalue weighted by Gasteiger charge is -2.17. The quantitative estimate of drug-likeness (QED) is 0.854. The van der Waals surface area contributed by atoms with Crippen molar-refractivity contribution in [3.63, 3.8) is 0 Å². The van der Waals surface area contributed by atoms with Crippen molar-refractivity contribution >= 4 is 0 Å². The first-order chi connectivity index (χ1) is 8.27. The van der Waals surface area contributed by atoms with Crippen LogP contribution in [0.2, 0.25) is 0 Å². The molecule has 1 saturated carbocycles. The fraction of sp³-hybridized carbons (Fsp3) is 0.571. The first kappa shape index (κ1) is 12.4. The minimum Gasteiger partial charge on any atom is -0.490 e. The van der Waals surface area contributed by atoms with Crippen LogP contribution in [0.4, 0.5) is 4.39 Å². The fourth-order valence-electron chi connectivity index (χ4n) is 2.43. The highest BCUT2D eigenvalue weighted by molar-refractivity contribution is 5.23. The Balaban J connectivity index is 1.74. The van der Waals surface area contributed by atoms with Crippen molar-refractivity contribution in [2.45, 2.75) is 38.2 Å². The summed E-state index contributed by atoms with van der Waals surface area (Å²) in [5.74, 6) is 0.341. The van der Waals surface area contributed by atoms with Crippen molar-refractivity contribution < 1.29 is 14.2 Å². The maximum Gasteiger partial charge on any atom is 0.165 e. The molecule has 1 fully saturated rings. The third-order valence-corrected chi connectivity index (χ3v) is 3.45. The zero-order valence-electron chi connectivity index (χ0n) is 9.94. The second kappa shape index (κ2) is 6.01. The monoisotopic (exact) mass is 238 g/mol. The predicted molar refractivity (Wildman–Crippen MR) is 64.5 cm³/mol. The smallest absolute Gasteiger partial charge is 0.165 e. The molecule has 0 aliphatic heterocycles. The number of ether oxygens (including phenoxy) is 1. The molecule has 1 N–H and O–H groups in total. The Bertz CT molecular complexity index is 348. The molecule has 0 bridgehead atoms. The van der Waals surface area contributed by atoms with Gasteiger partial charge in [-0.25, -0.2) is 4.39 Å². The second-order valence-electron chi connectivity index (χ2n) is 4.68. The van der Waals surface area contributed by atoms with Crippen LogP contribution in [-0.2, 0) is 0 Å². The van der Waals surface area contributed by atoms with Gasteiger partial charge in [0.05, 0.1) is 12.7 Å². The highest BCUT2D eigenvalue weighted by atomic mass is 19.1. The topological polar surface area (TPSA) is 29.5 Å². The van der Waals surface area contributed by atoms with E-state index in [0.717, 1.165) is 12.8 Å². The van der Waals surface area contributed by atoms with Gasteiger partial charge in [-0.2, -0.15) is 0 Å². The number of rotatable bonds is 5. The molecule has 3 heteroatoms. The zero-order chi connectivity index (χ0) is 12.1. The number of halogens is 1. The molecular weight excluding hydrogens is 219 g/mol. The van der Waals surface area contributed by atoms with E-state index < -0.39 is 0 Å². The van der Waals surface area contributed by atoms with E-state index in [1.54, 1.807) is 18.2 Å². The molecule has 2 rings (SSSR count). The first-order valence-corrected chi connectivity index (χ1v) is 6.33. The van der Waals surface area contributed by atoms with Crippen molar-refractivity contribution in [1.29, 1.82) is 0 Å². The Kier molecular flexibility index (Phi) is 4.37. The highest BCUT2D eigenvalue weighted by Crippen LogP contribution is 2.29. The number of hydrogen-bond acceptors (Lipinski definition) is 2. The molecule has 1 unspecified atom stereocenters. The zero-order valence-corrected chi connectivity index (χ0v) is 9.94. The van der Waals surface area contributed by atoms with Gasteiger partial charge in [-0.05, 0) is 30.9 Å². The minimum atomic E-state index is -0.345. The van der Waals surface area contributed by atoms with Crippen LogP contribution >= 0.6 is 0 Å². The van der Waals surface area contributed by atoms with Crippen LogP contribution in [0.3, 0.4) is 0 Å². The SMILES string of the molecule is OC(CCOc1ccccc1F)C1CCCC1. The molecule has 0 amide bonds. The normalized spacial score (nSPS) is 18.2. The van der Waals surface area contributed by atoms with Gasteiger partial charge in [0.25, 0.3) is 0 Å². The molecule has 0 saturated heterocycles. The fourth-order valence-corrected chi connectivity index (χ4v) is 2.43. The molecule has 1 aliphatic carbocycles. The summed E-state index contributed by atoms with van der Waals surface area (Å²) in [6, 6.07) is 6.36. The maximum atomic E-state index is 13.2. The molecule has 0 spiro atoms. The van der Waals surface area contributed by atoms with Gasteiger partial charge in [-0.15, -0.1) is 0 Å². The summed E-state index contributed by atoms with van der Waals surface area (Å²) in [6.07, 6.45) is 4.94. The Hall–Kier alpha value is -1.09. The summed E-state index contributed by atoms with van der Waals surface area (Å²) in [5.41, 5.74) is 0. The Morgan fingerprint density at radius 1 is 1.29 bits per heavy atom. The van der Waals surface area contributed by atoms with E-state index in [1.165, 1.54) is 18.9 Å². The van der Waals surface area contributed by atoms with Crippen LogP contribution in [-0.4, -0.2) is 17.8 Å². The number of hydrogen-bond donors (Lipinski definition) is 1. The van der Waals surface area contributed by atoms with E-state index in [4.69, 9.17) is 4.74 Å². The Labute approximate surface area is 101 Å². The summed E-state index contributed by atoms with van der Waals surface area (Å²) >= 11 is 0. The summed E-state index contributed by atoms with van der Waals surface area (Å²) in [4.78, 5) is 0. The van der Waals surface area contributed by atoms with Crippen LogP contribution in [0.1, 0.15) is 32.1 Å². The molecular formula is C14H19FO2. The van der Waals surface area contributed by atoms with Crippen molar-refractivity contribution in [3.8, 4) is 5.75 Å². The van der Waals surface area contributed by atoms with E-state index in [0.29, 0.717) is 18.9 Å². The molecule has 1 atom stereocenters. The van der Waals surface area contributed by atoms with Gasteiger partial charge in [-0.1, -0.05) is 25.0 Å². The molecule has 0 aromatic heterocycles. The maximum absolute atomic E-state index is 13.2. The van der Waals surface area contributed by atoms with Crippen LogP contribution in [0.25, 0.3) is 0 Å². The lowest BCUT2D eigenvalue weighted by Crippen LogP contribution is -2.20. The van der Waals surface area contributed by atoms with E-state index in [-0.39, 0.29) is 17.7 Å². The van der Waals surface area contributed by atoms with Gasteiger partial charge in [0.2, 0.25) is 0 Å². The van der Waals surface area contributed by atoms with E-state index in [1.807, 2.05) is 0 Å². The minimum absolute atomic E-state index is 0.270. The molecule has 17 heavy (non-hydrogen) atoms. The second-order valence-corrected chi connectivity index (χ2v) is 4.68. The van der Waals surface area contributed by atoms with Crippen LogP contribution < -0.4 is 4.74 Å². The van der Waals surface area contributed by atoms with Gasteiger partial charge in [0, 0.05) is 6.42 Å². The number of aliphatic hydroxyl groups is 1. The molecule has 0 radical (unpaired) electrons. The van der Waals surface area contributed by atoms with Crippen LogP contribution in [0.5, 0.6) is 5.75 Å². The van der Waals surface area contributed by atoms with Crippen molar-refractivity contribution in [3.05, 3.63) is 30.1 Å². The molecule has 1 aliphatic rings. The number of para-hydroxylation sites is 1. The van der Waals surface area contributed by atoms with Gasteiger partial charge >= 0.3 is 0 Å². The largest absolute Gasteiger partial charge is 0.490 e. The van der Waals surface area contributed by atoms with Gasteiger partial charge < -0.3 is 9.84 Å². The standard InChI is InChI=1S/C14H19FO2/c15-12-7-3-4-8-14(12)17-10-9-13(16)11-5-1-2-6-11/h3-4,7-8,11,13,16H,1-2,5-6,9-10H2. The van der Waals surface area contributed by atoms with E-state index >= 15 is 0 Å². The van der Waals surface area contributed by atoms with Gasteiger partial charge in [-0.3, -0.25) is 0 Å². The first-order valence-electron chi connectivity index (χ1n) is 6.33. The molecule has 1 aromatic carbocycles. The number of aliphatic hydroxyl groups excluding tert-OH is 1. The average Bonchev–Trinajstić information content (AvgIpc) is 2.85. The predicted octanol–water partition coefficient (Wildman–Crippen LogP) is 3.15. The third kappa shape index (κ3) is 3.43. The van der Waals surface area contributed by atoms with Crippen LogP contribution in [0.15, 0.2) is 24.3 Å². The van der Waals surface area contributed by atoms with Crippen LogP contribution in [0, 0.1) is 11.7 Å². The number of benzene rings is 1. The van der Waals surface area contributed by atoms with Gasteiger partial charge in [0.15, 0.2) is 11.6 Å². The summed E-state index contributed by atoms with van der Waals surface area (Å²) in [6.45, 7) is 0.374. The Morgan fingerprint density at radius 3 is 2.71 bits per heavy atom. The van der Waals surface area contributed by atoms with Crippen molar-refractivity contribution in [2.75, 3.05) is 6.61 Å². The van der Waals surface area contributed by atoms with Crippen molar-refractivity contribution in [1.82, 2.24) is 0 Å². The summed E-state index contributed by atoms with van der Waals surface area (Å²) < 4.78 is 18.6. The third-order valence-electron chi connectivity index (χ3n) is 3.45. The molecule has 94 valence electrons. The van der Waals surface area contributed by atoms with E-state index in [9.17, 15) is 9.50 Å². The summed E-state index contributed by atoms with van der Waals surface area (Å²) in [7, 11) is 0. The molecule has 1 aromatic rings. The summed E-state index contributed by atoms with van der Waals surface area (Å²) in [5, 5.41) is 9.92. The molecule has 0 heterocycles. The molecule has 2 nitrogen and oxygen atoms in total. The lowest BCUT2D eigenvalue weighted by atomic mass is 9.99. The van der Waals surface area contributed by atoms with Crippen molar-refractivity contribution in [2.24, 2.45) is 5.92 Å². The average molecular weight is 238 g/mol. The lowest BCUT2D eigenvalue weighted by molar-refractivity contribution is 0.0846. The highest BCUT2D eigenvalue weighted by Gasteiger charge is 2.22. The van der Waals surface area contributed by atoms with Gasteiger partial charge in [0.1, 0.15) is 0 Å². The Morgan fingerprint density at radius 2 is 2.00 bits per heavy atom.